The molecule has 2 aromatic rings. The van der Waals surface area contributed by atoms with Gasteiger partial charge in [0.05, 0.1) is 11.9 Å². The number of fused-ring (bicyclic) bond motifs is 1. The molecule has 2 unspecified atom stereocenters. The largest absolute Gasteiger partial charge is 0.397 e. The molecule has 1 amide bonds. The van der Waals surface area contributed by atoms with Crippen LogP contribution < -0.4 is 11.1 Å². The Morgan fingerprint density at radius 2 is 2.38 bits per heavy atom. The molecule has 112 valence electrons. The van der Waals surface area contributed by atoms with Gasteiger partial charge < -0.3 is 16.0 Å². The van der Waals surface area contributed by atoms with E-state index in [1.54, 1.807) is 12.3 Å². The Bertz CT molecular complexity index is 670. The number of nitrogens with zero attached hydrogens (tertiary/aromatic N) is 3. The van der Waals surface area contributed by atoms with Crippen LogP contribution in [-0.2, 0) is 0 Å². The second-order valence-corrected chi connectivity index (χ2v) is 6.70. The van der Waals surface area contributed by atoms with E-state index in [4.69, 9.17) is 5.73 Å². The molecular weight excluding hydrogens is 286 g/mol. The summed E-state index contributed by atoms with van der Waals surface area (Å²) in [6.45, 7) is 4.17. The van der Waals surface area contributed by atoms with E-state index in [-0.39, 0.29) is 11.9 Å². The van der Waals surface area contributed by atoms with E-state index in [2.05, 4.69) is 34.4 Å². The fourth-order valence-corrected chi connectivity index (χ4v) is 3.79. The lowest BCUT2D eigenvalue weighted by Crippen LogP contribution is -2.48. The van der Waals surface area contributed by atoms with Gasteiger partial charge in [-0.25, -0.2) is 0 Å². The number of anilines is 1. The number of thiophene rings is 1. The van der Waals surface area contributed by atoms with E-state index in [9.17, 15) is 4.79 Å². The maximum Gasteiger partial charge on any atom is 0.263 e. The summed E-state index contributed by atoms with van der Waals surface area (Å²) in [5.74, 6) is 0.333. The van der Waals surface area contributed by atoms with Crippen LogP contribution in [0.5, 0.6) is 0 Å². The molecule has 0 spiro atoms. The molecule has 21 heavy (non-hydrogen) atoms. The number of aromatic nitrogens is 2. The molecule has 7 heteroatoms. The SMILES string of the molecule is CC1CN(C)CCC1NC(=O)c1sc2nnccc2c1N. The highest BCUT2D eigenvalue weighted by Gasteiger charge is 2.27. The molecule has 3 rings (SSSR count). The van der Waals surface area contributed by atoms with Crippen molar-refractivity contribution in [3.05, 3.63) is 17.1 Å². The quantitative estimate of drug-likeness (QED) is 0.875. The molecule has 2 atom stereocenters. The smallest absolute Gasteiger partial charge is 0.263 e. The van der Waals surface area contributed by atoms with E-state index < -0.39 is 0 Å². The molecule has 0 aliphatic carbocycles. The van der Waals surface area contributed by atoms with Crippen molar-refractivity contribution < 1.29 is 4.79 Å². The van der Waals surface area contributed by atoms with Crippen LogP contribution >= 0.6 is 11.3 Å². The van der Waals surface area contributed by atoms with Gasteiger partial charge in [0.15, 0.2) is 0 Å². The molecule has 3 N–H and O–H groups in total. The van der Waals surface area contributed by atoms with Crippen molar-refractivity contribution in [1.29, 1.82) is 0 Å². The lowest BCUT2D eigenvalue weighted by molar-refractivity contribution is 0.0889. The van der Waals surface area contributed by atoms with Crippen LogP contribution in [-0.4, -0.2) is 47.2 Å². The second kappa shape index (κ2) is 5.57. The minimum atomic E-state index is -0.100. The zero-order valence-corrected chi connectivity index (χ0v) is 13.0. The molecule has 0 bridgehead atoms. The molecule has 1 aliphatic heterocycles. The van der Waals surface area contributed by atoms with Gasteiger partial charge in [-0.3, -0.25) is 4.79 Å². The fraction of sp³-hybridized carbons (Fsp3) is 0.500. The molecule has 0 aromatic carbocycles. The zero-order chi connectivity index (χ0) is 15.0. The van der Waals surface area contributed by atoms with E-state index >= 15 is 0 Å². The standard InChI is InChI=1S/C14H19N5OS/c1-8-7-19(2)6-4-10(8)17-13(20)12-11(15)9-3-5-16-18-14(9)21-12/h3,5,8,10H,4,6-7,15H2,1-2H3,(H,17,20). The van der Waals surface area contributed by atoms with Gasteiger partial charge >= 0.3 is 0 Å². The Balaban J connectivity index is 1.79. The summed E-state index contributed by atoms with van der Waals surface area (Å²) in [6, 6.07) is 1.99. The molecule has 3 heterocycles. The van der Waals surface area contributed by atoms with Crippen LogP contribution in [0, 0.1) is 5.92 Å². The van der Waals surface area contributed by atoms with Crippen molar-refractivity contribution in [3.8, 4) is 0 Å². The summed E-state index contributed by atoms with van der Waals surface area (Å²) in [5, 5.41) is 11.8. The number of piperidine rings is 1. The molecule has 1 saturated heterocycles. The van der Waals surface area contributed by atoms with E-state index in [1.807, 2.05) is 0 Å². The van der Waals surface area contributed by atoms with E-state index in [1.165, 1.54) is 11.3 Å². The zero-order valence-electron chi connectivity index (χ0n) is 12.2. The van der Waals surface area contributed by atoms with E-state index in [0.29, 0.717) is 21.3 Å². The summed E-state index contributed by atoms with van der Waals surface area (Å²) in [7, 11) is 2.11. The number of carbonyl (C=O) groups excluding carboxylic acids is 1. The van der Waals surface area contributed by atoms with Crippen LogP contribution in [0.15, 0.2) is 12.3 Å². The predicted octanol–water partition coefficient (Wildman–Crippen LogP) is 1.34. The minimum absolute atomic E-state index is 0.100. The number of nitrogen functional groups attached to an aromatic ring is 1. The van der Waals surface area contributed by atoms with Gasteiger partial charge in [-0.15, -0.1) is 16.4 Å². The first-order valence-electron chi connectivity index (χ1n) is 7.05. The van der Waals surface area contributed by atoms with Crippen molar-refractivity contribution in [2.75, 3.05) is 25.9 Å². The van der Waals surface area contributed by atoms with Crippen molar-refractivity contribution in [2.24, 2.45) is 5.92 Å². The highest BCUT2D eigenvalue weighted by atomic mass is 32.1. The Kier molecular flexibility index (Phi) is 3.77. The van der Waals surface area contributed by atoms with Gasteiger partial charge in [-0.2, -0.15) is 5.10 Å². The van der Waals surface area contributed by atoms with Crippen LogP contribution in [0.4, 0.5) is 5.69 Å². The summed E-state index contributed by atoms with van der Waals surface area (Å²) in [5.41, 5.74) is 6.58. The van der Waals surface area contributed by atoms with Gasteiger partial charge in [0, 0.05) is 18.0 Å². The molecule has 1 fully saturated rings. The summed E-state index contributed by atoms with van der Waals surface area (Å²) >= 11 is 1.30. The Morgan fingerprint density at radius 3 is 3.10 bits per heavy atom. The van der Waals surface area contributed by atoms with Gasteiger partial charge in [0.25, 0.3) is 5.91 Å². The van der Waals surface area contributed by atoms with Gasteiger partial charge in [0.1, 0.15) is 9.71 Å². The van der Waals surface area contributed by atoms with Crippen molar-refractivity contribution >= 4 is 33.1 Å². The predicted molar refractivity (Wildman–Crippen MR) is 84.4 cm³/mol. The summed E-state index contributed by atoms with van der Waals surface area (Å²) in [4.78, 5) is 16.0. The maximum atomic E-state index is 12.5. The second-order valence-electron chi connectivity index (χ2n) is 5.70. The number of rotatable bonds is 2. The number of hydrogen-bond acceptors (Lipinski definition) is 6. The third-order valence-electron chi connectivity index (χ3n) is 4.05. The number of amides is 1. The van der Waals surface area contributed by atoms with Crippen molar-refractivity contribution in [1.82, 2.24) is 20.4 Å². The normalized spacial score (nSPS) is 23.3. The number of nitrogens with two attached hydrogens (primary N) is 1. The number of hydrogen-bond donors (Lipinski definition) is 2. The van der Waals surface area contributed by atoms with Gasteiger partial charge in [0.2, 0.25) is 0 Å². The molecule has 0 saturated carbocycles. The monoisotopic (exact) mass is 305 g/mol. The average Bonchev–Trinajstić information content (AvgIpc) is 2.80. The number of nitrogens with one attached hydrogen (secondary N) is 1. The third-order valence-corrected chi connectivity index (χ3v) is 5.16. The van der Waals surface area contributed by atoms with E-state index in [0.717, 1.165) is 24.9 Å². The topological polar surface area (TPSA) is 84.1 Å². The van der Waals surface area contributed by atoms with Gasteiger partial charge in [-0.05, 0) is 32.0 Å². The fourth-order valence-electron chi connectivity index (χ4n) is 2.84. The Labute approximate surface area is 127 Å². The molecule has 6 nitrogen and oxygen atoms in total. The van der Waals surface area contributed by atoms with Crippen LogP contribution in [0.3, 0.4) is 0 Å². The first-order valence-corrected chi connectivity index (χ1v) is 7.87. The first kappa shape index (κ1) is 14.2. The Morgan fingerprint density at radius 1 is 1.57 bits per heavy atom. The van der Waals surface area contributed by atoms with Gasteiger partial charge in [-0.1, -0.05) is 6.92 Å². The first-order chi connectivity index (χ1) is 10.1. The maximum absolute atomic E-state index is 12.5. The lowest BCUT2D eigenvalue weighted by Gasteiger charge is -2.35. The Hall–Kier alpha value is -1.73. The van der Waals surface area contributed by atoms with Crippen LogP contribution in [0.2, 0.25) is 0 Å². The number of carbonyl (C=O) groups is 1. The molecule has 2 aromatic heterocycles. The van der Waals surface area contributed by atoms with Crippen molar-refractivity contribution in [3.63, 3.8) is 0 Å². The molecular formula is C14H19N5OS. The van der Waals surface area contributed by atoms with Crippen molar-refractivity contribution in [2.45, 2.75) is 19.4 Å². The number of likely N-dealkylation sites (tertiary alicyclic amines) is 1. The summed E-state index contributed by atoms with van der Waals surface area (Å²) in [6.07, 6.45) is 2.56. The average molecular weight is 305 g/mol. The van der Waals surface area contributed by atoms with Crippen LogP contribution in [0.25, 0.3) is 10.2 Å². The molecule has 1 aliphatic rings. The molecule has 0 radical (unpaired) electrons. The highest BCUT2D eigenvalue weighted by molar-refractivity contribution is 7.21. The lowest BCUT2D eigenvalue weighted by atomic mass is 9.94. The summed E-state index contributed by atoms with van der Waals surface area (Å²) < 4.78 is 0. The highest BCUT2D eigenvalue weighted by Crippen LogP contribution is 2.31. The van der Waals surface area contributed by atoms with Crippen LogP contribution in [0.1, 0.15) is 23.0 Å². The minimum Gasteiger partial charge on any atom is -0.397 e. The third kappa shape index (κ3) is 2.71.